The number of pyridine rings is 2. The van der Waals surface area contributed by atoms with E-state index in [0.717, 1.165) is 137 Å². The molecular weight excluding hydrogens is 1910 g/mol. The summed E-state index contributed by atoms with van der Waals surface area (Å²) in [6.07, 6.45) is 57.3. The first-order valence-electron chi connectivity index (χ1n) is 50.7. The molecule has 2 aromatic carbocycles. The molecule has 0 spiro atoms. The van der Waals surface area contributed by atoms with Crippen LogP contribution < -0.4 is 51.4 Å². The third-order valence-corrected chi connectivity index (χ3v) is 31.5. The zero-order valence-corrected chi connectivity index (χ0v) is 88.5. The summed E-state index contributed by atoms with van der Waals surface area (Å²) in [7, 11) is 1.95. The van der Waals surface area contributed by atoms with Crippen molar-refractivity contribution in [3.63, 3.8) is 0 Å². The summed E-state index contributed by atoms with van der Waals surface area (Å²) in [6, 6.07) is 22.4. The van der Waals surface area contributed by atoms with Crippen LogP contribution in [-0.2, 0) is 57.2 Å². The van der Waals surface area contributed by atoms with E-state index in [4.69, 9.17) is 35.2 Å². The second-order valence-corrected chi connectivity index (χ2v) is 43.4. The van der Waals surface area contributed by atoms with Crippen LogP contribution in [0.15, 0.2) is 129 Å². The Morgan fingerprint density at radius 1 is 0.537 bits per heavy atom. The molecular formula is C114H142F3N23O8S. The van der Waals surface area contributed by atoms with Crippen molar-refractivity contribution in [2.24, 2.45) is 38.4 Å². The van der Waals surface area contributed by atoms with Gasteiger partial charge in [-0.1, -0.05) is 147 Å². The standard InChI is InChI=1S/C25H31N5OS.C23H28F2N6O.C23H25FN4O.C22H28N4O2.C21H26N4O.2H2O/c1-5-17-14-28-24(30-23(17)29-21-13-22(31)25(21,2)3)27-11-10-19-9-8-18-7-6-16(12-20(18)19)15-32-26-4;1-21-5-4-15(7-22(21,2)12-21)6-18-16(8-26)10-28-20(31-18)29-11-17-9-27-14-30-19(17)32-13-23(3,24)25;1-4-14-13-26-22(28-21(14)27-19-12-20(29)23(19,2)3)25-10-9-15-5-6-16-11-17(24)7-8-18(15)16;1-5-15-14-23-19(26-21(15)25-17-13-18(27)22(17,3)4)11-7-9-16-10-8-12-20(24-16)28-6-2;1-5-15-13-23-19(8-6-7-16-9-10-22-12-14(16)2)25-20(15)24-17-11-18(26)21(17,3)4;;/h1,6-7,9,12,14,21-22,26,31H,8,10-11,13,15H2,2-4H3,(H2,27,28,29,30);9-10,14-15H,4-7,11-13H2,1-3H3,(H,28,29,31);1,5,7-8,11,13,19-20,29H,6,9-10,12H2,2-3H3,(H2,25,26,27,28);1,8,10,12,14,17-18,27H,6-7,9,11,13H2,2-4H3,(H,23,25,26);1,9-10,12-13,17-18,26H,6-8,11H2,2-4H3,(H,23,24,25);2*1H2/t21-,22+;15-,21?,22?;19-,20+;2*17-,18+;;/m10111../s1. The van der Waals surface area contributed by atoms with Crippen LogP contribution in [0.5, 0.6) is 11.8 Å². The summed E-state index contributed by atoms with van der Waals surface area (Å²) in [5.41, 5.74) is 16.7. The van der Waals surface area contributed by atoms with E-state index < -0.39 is 12.5 Å². The zero-order chi connectivity index (χ0) is 105. The van der Waals surface area contributed by atoms with Crippen LogP contribution in [-0.4, -0.2) is 189 Å². The van der Waals surface area contributed by atoms with Crippen LogP contribution in [0.25, 0.3) is 11.1 Å². The zero-order valence-electron chi connectivity index (χ0n) is 87.7. The third kappa shape index (κ3) is 28.6. The van der Waals surface area contributed by atoms with Gasteiger partial charge >= 0.3 is 0 Å². The van der Waals surface area contributed by atoms with Gasteiger partial charge < -0.3 is 78.1 Å². The molecule has 35 heteroatoms. The third-order valence-electron chi connectivity index (χ3n) is 30.8. The molecule has 0 saturated heterocycles. The van der Waals surface area contributed by atoms with Crippen molar-refractivity contribution >= 4 is 64.2 Å². The van der Waals surface area contributed by atoms with Crippen molar-refractivity contribution in [3.05, 3.63) is 230 Å². The minimum Gasteiger partial charge on any atom is -0.478 e. The molecule has 16 N–H and O–H groups in total. The van der Waals surface area contributed by atoms with Gasteiger partial charge in [0.05, 0.1) is 88.7 Å². The second kappa shape index (κ2) is 50.2. The quantitative estimate of drug-likeness (QED) is 0.0127. The highest BCUT2D eigenvalue weighted by Gasteiger charge is 2.63. The van der Waals surface area contributed by atoms with Crippen LogP contribution in [0.2, 0.25) is 0 Å². The molecule has 10 aromatic rings. The first-order chi connectivity index (χ1) is 70.3. The highest BCUT2D eigenvalue weighted by atomic mass is 32.2. The maximum Gasteiger partial charge on any atom is 0.278 e. The molecule has 0 radical (unpaired) electrons. The Morgan fingerprint density at radius 3 is 1.56 bits per heavy atom. The second-order valence-electron chi connectivity index (χ2n) is 42.4. The molecule has 0 aliphatic heterocycles. The Kier molecular flexibility index (Phi) is 38.5. The van der Waals surface area contributed by atoms with E-state index in [-0.39, 0.29) is 99.4 Å². The number of nitriles is 1. The summed E-state index contributed by atoms with van der Waals surface area (Å²) in [4.78, 5) is 61.3. The number of aromatic nitrogens is 14. The number of aliphatic hydroxyl groups excluding tert-OH is 4. The van der Waals surface area contributed by atoms with Gasteiger partial charge in [-0.3, -0.25) is 9.71 Å². The highest BCUT2D eigenvalue weighted by Crippen LogP contribution is 2.72. The molecule has 8 aliphatic carbocycles. The number of aryl methyl sites for hydroxylation is 5. The van der Waals surface area contributed by atoms with Gasteiger partial charge in [0.2, 0.25) is 29.6 Å². The van der Waals surface area contributed by atoms with Gasteiger partial charge in [-0.05, 0) is 221 Å². The van der Waals surface area contributed by atoms with Gasteiger partial charge in [0.1, 0.15) is 53.1 Å². The molecule has 2 unspecified atom stereocenters. The smallest absolute Gasteiger partial charge is 0.278 e. The summed E-state index contributed by atoms with van der Waals surface area (Å²) in [5.74, 6) is 15.2. The molecule has 0 bridgehead atoms. The maximum atomic E-state index is 13.4. The van der Waals surface area contributed by atoms with E-state index in [1.807, 2.05) is 106 Å². The number of allylic oxidation sites excluding steroid dienone is 2. The number of hydrogen-bond acceptors (Lipinski definition) is 30. The lowest BCUT2D eigenvalue weighted by atomic mass is 9.64. The monoisotopic (exact) mass is 2050 g/mol. The average Bonchev–Trinajstić information content (AvgIpc) is 1.55. The lowest BCUT2D eigenvalue weighted by molar-refractivity contribution is -0.0512. The number of terminal acetylenes is 4. The van der Waals surface area contributed by atoms with Gasteiger partial charge in [-0.15, -0.1) is 25.7 Å². The largest absolute Gasteiger partial charge is 0.478 e. The van der Waals surface area contributed by atoms with E-state index in [2.05, 4.69) is 199 Å². The molecule has 11 atom stereocenters. The molecule has 149 heavy (non-hydrogen) atoms. The SMILES string of the molecule is C#Cc1cnc(CCCc2cccc(OCC)n2)nc1N[C@@H]1C[C@H](O)C1(C)C.C#Cc1cnc(CCCc2ccncc2C)nc1N[C@@H]1C[C@H](O)C1(C)C.C#Cc1cnc(NCCC2=CCc3cc(F)ccc32)nc1N[C@@H]1C[C@H](O)C1(C)C.C#Cc1cnc(NCCC2=CCc3ccc(CSNC)cc32)nc1N[C@@H]1C[C@H](O)C1(C)C.CC(F)(F)COc1ncncc1CNc1ncc(C#N)c(C[C@@H]2CCC3(C)CC3(C)C2)n1.O.O. The number of nitrogens with zero attached hydrogens (tertiary/aromatic N) is 15. The number of benzene rings is 2. The number of alkyl halides is 2. The summed E-state index contributed by atoms with van der Waals surface area (Å²) >= 11 is 1.70. The Morgan fingerprint density at radius 2 is 1.05 bits per heavy atom. The number of halogens is 3. The minimum atomic E-state index is -2.96. The molecule has 18 rings (SSSR count). The molecule has 31 nitrogen and oxygen atoms in total. The molecule has 6 saturated carbocycles. The van der Waals surface area contributed by atoms with Gasteiger partial charge in [0.25, 0.3) is 5.92 Å². The Labute approximate surface area is 877 Å². The van der Waals surface area contributed by atoms with Crippen molar-refractivity contribution in [3.8, 4) is 67.2 Å². The Hall–Kier alpha value is -13.5. The first-order valence-corrected chi connectivity index (χ1v) is 51.7. The van der Waals surface area contributed by atoms with Crippen molar-refractivity contribution in [2.45, 2.75) is 279 Å². The van der Waals surface area contributed by atoms with E-state index in [1.165, 1.54) is 76.6 Å². The topological polar surface area (TPSA) is 463 Å². The molecule has 0 amide bonds. The first kappa shape index (κ1) is 114. The fourth-order valence-electron chi connectivity index (χ4n) is 19.7. The summed E-state index contributed by atoms with van der Waals surface area (Å²) in [6.45, 7) is 27.3. The fourth-order valence-corrected chi connectivity index (χ4v) is 20.2. The lowest BCUT2D eigenvalue weighted by Crippen LogP contribution is -2.57. The number of nitrogens with one attached hydrogen (secondary N) is 8. The van der Waals surface area contributed by atoms with Crippen molar-refractivity contribution in [2.75, 3.05) is 70.6 Å². The molecule has 8 aromatic heterocycles. The van der Waals surface area contributed by atoms with Gasteiger partial charge in [0.15, 0.2) is 6.61 Å². The van der Waals surface area contributed by atoms with Crippen LogP contribution in [0.3, 0.4) is 0 Å². The summed E-state index contributed by atoms with van der Waals surface area (Å²) in [5, 5.41) is 72.7. The number of rotatable bonds is 37. The molecule has 8 aliphatic rings. The number of fused-ring (bicyclic) bond motifs is 3. The molecule has 8 heterocycles. The van der Waals surface area contributed by atoms with E-state index in [1.54, 1.807) is 42.8 Å². The van der Waals surface area contributed by atoms with Crippen molar-refractivity contribution in [1.29, 1.82) is 5.26 Å². The number of anilines is 7. The minimum absolute atomic E-state index is 0. The molecule has 6 fully saturated rings. The van der Waals surface area contributed by atoms with Crippen LogP contribution >= 0.6 is 11.9 Å². The van der Waals surface area contributed by atoms with Crippen LogP contribution in [0, 0.1) is 112 Å². The Balaban J connectivity index is 0.000000165. The van der Waals surface area contributed by atoms with Gasteiger partial charge in [0, 0.05) is 134 Å². The predicted molar refractivity (Wildman–Crippen MR) is 580 cm³/mol. The fraction of sp³-hybridized carbons (Fsp3) is 0.482. The van der Waals surface area contributed by atoms with Crippen molar-refractivity contribution < 1.29 is 54.0 Å². The van der Waals surface area contributed by atoms with E-state index in [0.29, 0.717) is 136 Å². The maximum absolute atomic E-state index is 13.4. The van der Waals surface area contributed by atoms with E-state index in [9.17, 15) is 38.9 Å². The van der Waals surface area contributed by atoms with Crippen LogP contribution in [0.4, 0.5) is 54.3 Å². The Bertz CT molecular complexity index is 6610. The van der Waals surface area contributed by atoms with Gasteiger partial charge in [-0.25, -0.2) is 68.0 Å². The lowest BCUT2D eigenvalue weighted by Gasteiger charge is -2.49. The average molecular weight is 2050 g/mol. The highest BCUT2D eigenvalue weighted by molar-refractivity contribution is 7.96. The van der Waals surface area contributed by atoms with Crippen molar-refractivity contribution in [1.82, 2.24) is 74.5 Å². The number of hydrogen-bond donors (Lipinski definition) is 12. The van der Waals surface area contributed by atoms with Crippen LogP contribution in [0.1, 0.15) is 255 Å². The number of aliphatic hydroxyl groups is 4. The van der Waals surface area contributed by atoms with Gasteiger partial charge in [-0.2, -0.15) is 15.2 Å². The predicted octanol–water partition coefficient (Wildman–Crippen LogP) is 16.2. The number of ether oxygens (including phenoxy) is 2. The normalized spacial score (nSPS) is 21.8. The molecule has 788 valence electrons. The van der Waals surface area contributed by atoms with E-state index >= 15 is 0 Å². The summed E-state index contributed by atoms with van der Waals surface area (Å²) < 4.78 is 53.4.